The number of amides is 5. The Morgan fingerprint density at radius 1 is 0.362 bits per heavy atom. The van der Waals surface area contributed by atoms with Crippen molar-refractivity contribution >= 4 is 60.8 Å². The Hall–Kier alpha value is -15.4. The van der Waals surface area contributed by atoms with E-state index in [9.17, 15) is 48.6 Å². The highest BCUT2D eigenvalue weighted by atomic mass is 16.5. The molecule has 4 saturated carbocycles. The van der Waals surface area contributed by atoms with Crippen LogP contribution in [0, 0.1) is 11.8 Å². The topological polar surface area (TPSA) is 389 Å². The summed E-state index contributed by atoms with van der Waals surface area (Å²) >= 11 is 0. The van der Waals surface area contributed by atoms with E-state index in [-0.39, 0.29) is 72.2 Å². The van der Waals surface area contributed by atoms with Crippen LogP contribution in [0.25, 0.3) is 57.2 Å². The molecule has 33 heteroatoms. The number of hydrogen-bond donors (Lipinski definition) is 4. The van der Waals surface area contributed by atoms with Gasteiger partial charge in [-0.15, -0.1) is 20.4 Å². The van der Waals surface area contributed by atoms with Crippen molar-refractivity contribution in [3.05, 3.63) is 276 Å². The molecule has 4 aliphatic rings. The average Bonchev–Trinajstić information content (AvgIpc) is 1.70. The van der Waals surface area contributed by atoms with Crippen molar-refractivity contribution in [3.63, 3.8) is 0 Å². The van der Waals surface area contributed by atoms with E-state index in [1.54, 1.807) is 80.8 Å². The van der Waals surface area contributed by atoms with Crippen molar-refractivity contribution < 1.29 is 77.0 Å². The Balaban J connectivity index is 0.000000155. The first-order chi connectivity index (χ1) is 67.0. The number of nitrogens with one attached hydrogen (secondary N) is 2. The summed E-state index contributed by atoms with van der Waals surface area (Å²) in [5, 5.41) is 58.2. The van der Waals surface area contributed by atoms with E-state index in [2.05, 4.69) is 51.9 Å². The lowest BCUT2D eigenvalue weighted by Crippen LogP contribution is -2.36. The first-order valence-electron chi connectivity index (χ1n) is 46.5. The SMILES string of the molecule is CN(Cc1ccccc1)C(=O)/C=C/c1c(-c2ccc(O[C@H]3CCC[C@H](C(=O)O)C3)cc2)nnn1C.CN(Cc1ccccc1)C(=O)/C=C/c1c(-c2ccc(O[C@H]3CCC[C@H](C(=O)O)C3)cc2)nnn1C.CN(Cc1ccccc1)C(=O)NCc1c(-c2ccc(O[C@H]3CCC[C@H](OC=O)C3)cc2)nnn1C.Cn1nnc(-c2ccc(O[C@H]3CCC[C@H](OC=O)C3)cc2)c1CNC(=O)Cc1ccccc1. The minimum atomic E-state index is -0.748. The summed E-state index contributed by atoms with van der Waals surface area (Å²) in [6, 6.07) is 69.4. The van der Waals surface area contributed by atoms with Gasteiger partial charge >= 0.3 is 18.0 Å². The molecule has 16 rings (SSSR count). The third kappa shape index (κ3) is 29.3. The van der Waals surface area contributed by atoms with E-state index in [1.807, 2.05) is 232 Å². The standard InChI is InChI=1S/2C27H30N4O4.C26H31N5O4.C25H28N4O4/c2*1-30(18-19-7-4-3-5-8-19)25(32)16-15-24-26(28-29-31(24)2)20-11-13-22(14-12-20)35-23-10-6-9-21(17-23)27(33)34;1-30(17-19-7-4-3-5-8-19)26(33)27-16-24-25(28-29-31(24)2)20-11-13-21(14-12-20)35-23-10-6-9-22(15-23)34-18-32;1-29-23(16-26-24(31)14-18-6-3-2-4-7-18)25(27-28-29)19-10-12-20(13-11-19)33-22-9-5-8-21(15-22)32-17-30/h2*3-5,7-8,11-16,21,23H,6,9-10,17-18H2,1-2H3,(H,33,34);3-5,7-8,11-14,18,22-23H,6,9-10,15-17H2,1-2H3,(H,27,33);2-4,6-7,10-13,17,21-22H,5,8-9,14-16H2,1H3,(H,26,31)/b2*16-15+;;/t2*21-,23-;22-,23-;21-,22-/m0000/s1. The predicted octanol–water partition coefficient (Wildman–Crippen LogP) is 15.2. The third-order valence-electron chi connectivity index (χ3n) is 24.7. The average molecular weight is 1880 g/mol. The molecule has 720 valence electrons. The number of likely N-dealkylation sites (N-methyl/N-ethyl adjacent to an activating group) is 2. The lowest BCUT2D eigenvalue weighted by atomic mass is 9.87. The molecule has 0 spiro atoms. The maximum atomic E-state index is 12.6. The lowest BCUT2D eigenvalue weighted by Gasteiger charge is -2.28. The molecule has 0 aliphatic heterocycles. The Bertz CT molecular complexity index is 5830. The number of aliphatic carboxylic acids is 2. The zero-order valence-electron chi connectivity index (χ0n) is 78.7. The van der Waals surface area contributed by atoms with Gasteiger partial charge in [0.15, 0.2) is 0 Å². The van der Waals surface area contributed by atoms with Crippen LogP contribution in [-0.2, 0) is 110 Å². The van der Waals surface area contributed by atoms with E-state index >= 15 is 0 Å². The summed E-state index contributed by atoms with van der Waals surface area (Å²) in [4.78, 5) is 99.0. The normalized spacial score (nSPS) is 17.8. The first-order valence-corrected chi connectivity index (χ1v) is 46.5. The van der Waals surface area contributed by atoms with Crippen molar-refractivity contribution in [3.8, 4) is 68.0 Å². The van der Waals surface area contributed by atoms with Crippen LogP contribution in [0.1, 0.15) is 148 Å². The number of benzene rings is 8. The molecule has 8 atom stereocenters. The highest BCUT2D eigenvalue weighted by Gasteiger charge is 2.32. The highest BCUT2D eigenvalue weighted by Crippen LogP contribution is 2.36. The smallest absolute Gasteiger partial charge is 0.317 e. The van der Waals surface area contributed by atoms with Gasteiger partial charge in [-0.2, -0.15) is 0 Å². The van der Waals surface area contributed by atoms with Crippen LogP contribution < -0.4 is 29.6 Å². The second kappa shape index (κ2) is 50.2. The zero-order valence-corrected chi connectivity index (χ0v) is 78.7. The number of aromatic nitrogens is 12. The lowest BCUT2D eigenvalue weighted by molar-refractivity contribution is -0.144. The Labute approximate surface area is 802 Å². The molecule has 0 unspecified atom stereocenters. The summed E-state index contributed by atoms with van der Waals surface area (Å²) in [5.41, 5.74) is 13.5. The summed E-state index contributed by atoms with van der Waals surface area (Å²) in [5.74, 6) is 0.460. The van der Waals surface area contributed by atoms with Gasteiger partial charge in [0.05, 0.1) is 66.3 Å². The van der Waals surface area contributed by atoms with E-state index in [4.69, 9.17) is 28.4 Å². The molecule has 4 heterocycles. The van der Waals surface area contributed by atoms with Crippen LogP contribution in [0.3, 0.4) is 0 Å². The van der Waals surface area contributed by atoms with Gasteiger partial charge in [0.25, 0.3) is 12.9 Å². The number of rotatable bonds is 34. The Morgan fingerprint density at radius 3 is 1.01 bits per heavy atom. The van der Waals surface area contributed by atoms with Gasteiger partial charge in [0.1, 0.15) is 70.2 Å². The number of urea groups is 1. The summed E-state index contributed by atoms with van der Waals surface area (Å²) < 4.78 is 41.2. The molecule has 138 heavy (non-hydrogen) atoms. The quantitative estimate of drug-likeness (QED) is 0.0215. The van der Waals surface area contributed by atoms with Crippen LogP contribution in [0.5, 0.6) is 23.0 Å². The van der Waals surface area contributed by atoms with Crippen LogP contribution in [0.4, 0.5) is 4.79 Å². The molecule has 4 N–H and O–H groups in total. The van der Waals surface area contributed by atoms with E-state index in [1.165, 1.54) is 12.2 Å². The van der Waals surface area contributed by atoms with Crippen LogP contribution in [0.2, 0.25) is 0 Å². The number of aryl methyl sites for hydroxylation is 4. The molecule has 0 saturated heterocycles. The number of carboxylic acids is 2. The van der Waals surface area contributed by atoms with Crippen LogP contribution in [-0.4, -0.2) is 191 Å². The molecule has 5 amide bonds. The number of carboxylic acid groups (broad SMARTS) is 2. The zero-order chi connectivity index (χ0) is 97.2. The summed E-state index contributed by atoms with van der Waals surface area (Å²) in [6.45, 7) is 3.24. The number of ether oxygens (including phenoxy) is 6. The van der Waals surface area contributed by atoms with Gasteiger partial charge in [-0.05, 0) is 221 Å². The fourth-order valence-electron chi connectivity index (χ4n) is 17.1. The molecule has 4 aromatic heterocycles. The molecule has 0 bridgehead atoms. The number of carbonyl (C=O) groups excluding carboxylic acids is 6. The molecule has 33 nitrogen and oxygen atoms in total. The van der Waals surface area contributed by atoms with Gasteiger partial charge in [0.2, 0.25) is 17.7 Å². The van der Waals surface area contributed by atoms with Gasteiger partial charge in [-0.3, -0.25) is 33.6 Å². The van der Waals surface area contributed by atoms with Gasteiger partial charge < -0.3 is 64.0 Å². The van der Waals surface area contributed by atoms with Gasteiger partial charge in [-0.1, -0.05) is 142 Å². The summed E-state index contributed by atoms with van der Waals surface area (Å²) in [6.07, 6.45) is 19.5. The maximum absolute atomic E-state index is 12.6. The predicted molar refractivity (Wildman–Crippen MR) is 517 cm³/mol. The van der Waals surface area contributed by atoms with Crippen LogP contribution >= 0.6 is 0 Å². The highest BCUT2D eigenvalue weighted by molar-refractivity contribution is 5.93. The van der Waals surface area contributed by atoms with Gasteiger partial charge in [0, 0.05) is 116 Å². The number of nitrogens with zero attached hydrogens (tertiary/aromatic N) is 15. The van der Waals surface area contributed by atoms with E-state index in [0.717, 1.165) is 149 Å². The molecular weight excluding hydrogens is 1760 g/mol. The molecule has 4 fully saturated rings. The van der Waals surface area contributed by atoms with Crippen molar-refractivity contribution in [1.29, 1.82) is 0 Å². The third-order valence-corrected chi connectivity index (χ3v) is 24.7. The van der Waals surface area contributed by atoms with Crippen molar-refractivity contribution in [2.45, 2.75) is 179 Å². The van der Waals surface area contributed by atoms with E-state index < -0.39 is 11.9 Å². The van der Waals surface area contributed by atoms with Crippen molar-refractivity contribution in [2.24, 2.45) is 40.0 Å². The minimum absolute atomic E-state index is 0.0229. The van der Waals surface area contributed by atoms with Crippen molar-refractivity contribution in [2.75, 3.05) is 21.1 Å². The monoisotopic (exact) mass is 1870 g/mol. The van der Waals surface area contributed by atoms with E-state index in [0.29, 0.717) is 119 Å². The first kappa shape index (κ1) is 100. The molecule has 0 radical (unpaired) electrons. The fraction of sp³-hybridized carbons (Fsp3) is 0.352. The van der Waals surface area contributed by atoms with Crippen LogP contribution in [0.15, 0.2) is 231 Å². The Morgan fingerprint density at radius 2 is 0.659 bits per heavy atom. The fourth-order valence-corrected chi connectivity index (χ4v) is 17.1. The maximum Gasteiger partial charge on any atom is 0.317 e. The number of carbonyl (C=O) groups is 8. The Kier molecular flexibility index (Phi) is 36.4. The molecule has 4 aliphatic carbocycles. The van der Waals surface area contributed by atoms with Gasteiger partial charge in [-0.25, -0.2) is 23.5 Å². The molecular formula is C105H119N17O16. The van der Waals surface area contributed by atoms with Crippen molar-refractivity contribution in [1.82, 2.24) is 85.3 Å². The molecule has 8 aromatic carbocycles. The molecule has 12 aromatic rings. The number of hydrogen-bond acceptors (Lipinski definition) is 22. The second-order valence-corrected chi connectivity index (χ2v) is 34.9. The summed E-state index contributed by atoms with van der Waals surface area (Å²) in [7, 11) is 12.5. The largest absolute Gasteiger partial charge is 0.490 e. The minimum Gasteiger partial charge on any atom is -0.490 e. The second-order valence-electron chi connectivity index (χ2n) is 34.9.